The highest BCUT2D eigenvalue weighted by Crippen LogP contribution is 2.33. The van der Waals surface area contributed by atoms with Crippen molar-refractivity contribution < 1.29 is 14.3 Å². The molecule has 170 valence electrons. The molecule has 2 aliphatic rings. The van der Waals surface area contributed by atoms with Gasteiger partial charge in [-0.3, -0.25) is 19.4 Å². The minimum absolute atomic E-state index is 0.0102. The highest BCUT2D eigenvalue weighted by atomic mass is 32.2. The van der Waals surface area contributed by atoms with Crippen LogP contribution >= 0.6 is 11.8 Å². The van der Waals surface area contributed by atoms with Crippen molar-refractivity contribution in [2.75, 3.05) is 70.9 Å². The molecule has 0 unspecified atom stereocenters. The third-order valence-corrected chi connectivity index (χ3v) is 6.77. The van der Waals surface area contributed by atoms with Gasteiger partial charge in [-0.25, -0.2) is 0 Å². The lowest BCUT2D eigenvalue weighted by Gasteiger charge is -2.35. The first-order valence-electron chi connectivity index (χ1n) is 11.1. The Balaban J connectivity index is 1.23. The summed E-state index contributed by atoms with van der Waals surface area (Å²) in [4.78, 5) is 33.5. The summed E-state index contributed by atoms with van der Waals surface area (Å²) in [6.45, 7) is 6.58. The summed E-state index contributed by atoms with van der Waals surface area (Å²) in [5.74, 6) is 0.163. The topological polar surface area (TPSA) is 65.1 Å². The van der Waals surface area contributed by atoms with Gasteiger partial charge in [0.2, 0.25) is 11.8 Å². The van der Waals surface area contributed by atoms with Crippen LogP contribution in [0.2, 0.25) is 0 Å². The Labute approximate surface area is 193 Å². The predicted molar refractivity (Wildman–Crippen MR) is 126 cm³/mol. The Morgan fingerprint density at radius 2 is 1.44 bits per heavy atom. The Kier molecular flexibility index (Phi) is 8.17. The normalized spacial score (nSPS) is 17.8. The molecule has 0 spiro atoms. The zero-order valence-corrected chi connectivity index (χ0v) is 19.1. The highest BCUT2D eigenvalue weighted by Gasteiger charge is 2.24. The summed E-state index contributed by atoms with van der Waals surface area (Å²) in [6, 6.07) is 18.0. The molecule has 0 aliphatic carbocycles. The maximum absolute atomic E-state index is 12.7. The van der Waals surface area contributed by atoms with E-state index in [9.17, 15) is 9.59 Å². The molecular formula is C24H30N4O3S. The van der Waals surface area contributed by atoms with Crippen molar-refractivity contribution >= 4 is 29.3 Å². The zero-order valence-electron chi connectivity index (χ0n) is 18.2. The predicted octanol–water partition coefficient (Wildman–Crippen LogP) is 2.25. The van der Waals surface area contributed by atoms with Gasteiger partial charge in [-0.1, -0.05) is 42.1 Å². The molecule has 0 aromatic heterocycles. The minimum atomic E-state index is -0.0102. The standard InChI is InChI=1S/C24H30N4O3S/c29-23(25-21-8-4-5-9-22(21)32-20-6-2-1-3-7-20)18-26-10-12-27(13-11-26)19-24(30)28-14-16-31-17-15-28/h1-9H,10-19H2,(H,25,29). The largest absolute Gasteiger partial charge is 0.378 e. The van der Waals surface area contributed by atoms with Crippen molar-refractivity contribution in [3.05, 3.63) is 54.6 Å². The van der Waals surface area contributed by atoms with Gasteiger partial charge in [-0.05, 0) is 24.3 Å². The number of morpholine rings is 1. The van der Waals surface area contributed by atoms with Crippen molar-refractivity contribution in [3.8, 4) is 0 Å². The Morgan fingerprint density at radius 3 is 2.16 bits per heavy atom. The van der Waals surface area contributed by atoms with Crippen LogP contribution in [0.15, 0.2) is 64.4 Å². The summed E-state index contributed by atoms with van der Waals surface area (Å²) < 4.78 is 5.32. The van der Waals surface area contributed by atoms with Crippen LogP contribution in [0.25, 0.3) is 0 Å². The lowest BCUT2D eigenvalue weighted by atomic mass is 10.2. The first-order chi connectivity index (χ1) is 15.7. The van der Waals surface area contributed by atoms with E-state index in [1.54, 1.807) is 11.8 Å². The molecule has 0 radical (unpaired) electrons. The van der Waals surface area contributed by atoms with Crippen LogP contribution in [0.1, 0.15) is 0 Å². The molecule has 8 heteroatoms. The van der Waals surface area contributed by atoms with Crippen molar-refractivity contribution in [2.24, 2.45) is 0 Å². The van der Waals surface area contributed by atoms with E-state index in [2.05, 4.69) is 27.2 Å². The molecule has 0 atom stereocenters. The summed E-state index contributed by atoms with van der Waals surface area (Å²) >= 11 is 1.64. The highest BCUT2D eigenvalue weighted by molar-refractivity contribution is 7.99. The summed E-state index contributed by atoms with van der Waals surface area (Å²) in [5, 5.41) is 3.08. The quantitative estimate of drug-likeness (QED) is 0.692. The van der Waals surface area contributed by atoms with E-state index in [4.69, 9.17) is 4.74 Å². The summed E-state index contributed by atoms with van der Waals surface area (Å²) in [6.07, 6.45) is 0. The fraction of sp³-hybridized carbons (Fsp3) is 0.417. The number of rotatable bonds is 7. The number of nitrogens with one attached hydrogen (secondary N) is 1. The van der Waals surface area contributed by atoms with Crippen LogP contribution in [0.5, 0.6) is 0 Å². The zero-order chi connectivity index (χ0) is 22.2. The second-order valence-electron chi connectivity index (χ2n) is 8.00. The average molecular weight is 455 g/mol. The number of benzene rings is 2. The van der Waals surface area contributed by atoms with Crippen LogP contribution in [-0.2, 0) is 14.3 Å². The van der Waals surface area contributed by atoms with E-state index in [1.165, 1.54) is 0 Å². The van der Waals surface area contributed by atoms with Gasteiger partial charge in [0.05, 0.1) is 32.0 Å². The third-order valence-electron chi connectivity index (χ3n) is 5.69. The van der Waals surface area contributed by atoms with Gasteiger partial charge in [0.1, 0.15) is 0 Å². The monoisotopic (exact) mass is 454 g/mol. The van der Waals surface area contributed by atoms with Crippen LogP contribution < -0.4 is 5.32 Å². The molecule has 2 aromatic carbocycles. The summed E-state index contributed by atoms with van der Waals surface area (Å²) in [7, 11) is 0. The third kappa shape index (κ3) is 6.56. The van der Waals surface area contributed by atoms with Crippen molar-refractivity contribution in [1.29, 1.82) is 0 Å². The van der Waals surface area contributed by atoms with Gasteiger partial charge < -0.3 is 15.0 Å². The molecule has 0 saturated carbocycles. The number of carbonyl (C=O) groups excluding carboxylic acids is 2. The molecule has 7 nitrogen and oxygen atoms in total. The van der Waals surface area contributed by atoms with E-state index >= 15 is 0 Å². The Bertz CT molecular complexity index is 897. The van der Waals surface area contributed by atoms with Crippen LogP contribution in [0.3, 0.4) is 0 Å². The number of nitrogens with zero attached hydrogens (tertiary/aromatic N) is 3. The first-order valence-corrected chi connectivity index (χ1v) is 11.9. The van der Waals surface area contributed by atoms with Gasteiger partial charge in [0.15, 0.2) is 0 Å². The smallest absolute Gasteiger partial charge is 0.238 e. The molecule has 2 amide bonds. The molecule has 2 heterocycles. The second kappa shape index (κ2) is 11.5. The van der Waals surface area contributed by atoms with E-state index in [-0.39, 0.29) is 11.8 Å². The number of ether oxygens (including phenoxy) is 1. The van der Waals surface area contributed by atoms with E-state index in [0.29, 0.717) is 39.4 Å². The maximum atomic E-state index is 12.7. The van der Waals surface area contributed by atoms with Crippen LogP contribution in [0, 0.1) is 0 Å². The lowest BCUT2D eigenvalue weighted by molar-refractivity contribution is -0.137. The number of piperazine rings is 1. The van der Waals surface area contributed by atoms with E-state index < -0.39 is 0 Å². The number of anilines is 1. The van der Waals surface area contributed by atoms with Crippen molar-refractivity contribution in [3.63, 3.8) is 0 Å². The SMILES string of the molecule is O=C(CN1CCN(CC(=O)N2CCOCC2)CC1)Nc1ccccc1Sc1ccccc1. The Morgan fingerprint density at radius 1 is 0.812 bits per heavy atom. The fourth-order valence-corrected chi connectivity index (χ4v) is 4.80. The fourth-order valence-electron chi connectivity index (χ4n) is 3.88. The number of para-hydroxylation sites is 1. The molecule has 2 saturated heterocycles. The number of carbonyl (C=O) groups is 2. The number of hydrogen-bond donors (Lipinski definition) is 1. The minimum Gasteiger partial charge on any atom is -0.378 e. The number of hydrogen-bond acceptors (Lipinski definition) is 6. The van der Waals surface area contributed by atoms with Gasteiger partial charge in [0, 0.05) is 49.1 Å². The van der Waals surface area contributed by atoms with Crippen molar-refractivity contribution in [2.45, 2.75) is 9.79 Å². The number of amides is 2. The maximum Gasteiger partial charge on any atom is 0.238 e. The van der Waals surface area contributed by atoms with Gasteiger partial charge in [0.25, 0.3) is 0 Å². The van der Waals surface area contributed by atoms with Gasteiger partial charge in [-0.15, -0.1) is 0 Å². The van der Waals surface area contributed by atoms with E-state index in [0.717, 1.165) is 41.7 Å². The van der Waals surface area contributed by atoms with Gasteiger partial charge >= 0.3 is 0 Å². The molecule has 1 N–H and O–H groups in total. The van der Waals surface area contributed by atoms with Crippen LogP contribution in [0.4, 0.5) is 5.69 Å². The van der Waals surface area contributed by atoms with Crippen LogP contribution in [-0.4, -0.2) is 92.1 Å². The first kappa shape index (κ1) is 22.8. The average Bonchev–Trinajstić information content (AvgIpc) is 2.83. The molecule has 2 aliphatic heterocycles. The van der Waals surface area contributed by atoms with Crippen molar-refractivity contribution in [1.82, 2.24) is 14.7 Å². The van der Waals surface area contributed by atoms with E-state index in [1.807, 2.05) is 47.4 Å². The molecular weight excluding hydrogens is 424 g/mol. The lowest BCUT2D eigenvalue weighted by Crippen LogP contribution is -2.52. The van der Waals surface area contributed by atoms with Gasteiger partial charge in [-0.2, -0.15) is 0 Å². The molecule has 2 fully saturated rings. The molecule has 0 bridgehead atoms. The molecule has 32 heavy (non-hydrogen) atoms. The summed E-state index contributed by atoms with van der Waals surface area (Å²) in [5.41, 5.74) is 0.834. The second-order valence-corrected chi connectivity index (χ2v) is 9.12. The molecule has 2 aromatic rings. The molecule has 4 rings (SSSR count). The Hall–Kier alpha value is -2.39.